The van der Waals surface area contributed by atoms with Gasteiger partial charge in [0.2, 0.25) is 0 Å². The predicted octanol–water partition coefficient (Wildman–Crippen LogP) is 5.61. The van der Waals surface area contributed by atoms with E-state index in [9.17, 15) is 0 Å². The SMILES string of the molecule is CC1CCCC(n2c(CCCl)nc3cccc(Cl)c32)CC1. The fourth-order valence-corrected chi connectivity index (χ4v) is 3.96. The molecule has 2 unspecified atom stereocenters. The summed E-state index contributed by atoms with van der Waals surface area (Å²) in [5, 5.41) is 0.804. The molecule has 1 aromatic heterocycles. The van der Waals surface area contributed by atoms with Gasteiger partial charge in [-0.15, -0.1) is 11.6 Å². The van der Waals surface area contributed by atoms with E-state index in [1.807, 2.05) is 12.1 Å². The standard InChI is InChI=1S/C17H22Cl2N2/c1-12-4-2-5-13(9-8-12)21-16(10-11-18)20-15-7-3-6-14(19)17(15)21/h3,6-7,12-13H,2,4-5,8-11H2,1H3. The molecule has 2 nitrogen and oxygen atoms in total. The maximum atomic E-state index is 6.47. The highest BCUT2D eigenvalue weighted by molar-refractivity contribution is 6.35. The van der Waals surface area contributed by atoms with E-state index < -0.39 is 0 Å². The molecular formula is C17H22Cl2N2. The van der Waals surface area contributed by atoms with Crippen LogP contribution < -0.4 is 0 Å². The van der Waals surface area contributed by atoms with Crippen LogP contribution in [0.3, 0.4) is 0 Å². The Morgan fingerprint density at radius 3 is 2.90 bits per heavy atom. The Bertz CT molecular complexity index is 621. The topological polar surface area (TPSA) is 17.8 Å². The monoisotopic (exact) mass is 324 g/mol. The van der Waals surface area contributed by atoms with Crippen LogP contribution in [-0.4, -0.2) is 15.4 Å². The quantitative estimate of drug-likeness (QED) is 0.529. The zero-order valence-corrected chi connectivity index (χ0v) is 14.0. The molecule has 4 heteroatoms. The summed E-state index contributed by atoms with van der Waals surface area (Å²) in [7, 11) is 0. The number of fused-ring (bicyclic) bond motifs is 1. The molecule has 0 spiro atoms. The molecule has 0 saturated heterocycles. The first-order valence-corrected chi connectivity index (χ1v) is 8.83. The van der Waals surface area contributed by atoms with Crippen molar-refractivity contribution in [3.63, 3.8) is 0 Å². The normalized spacial score (nSPS) is 23.4. The van der Waals surface area contributed by atoms with Crippen LogP contribution in [0.1, 0.15) is 50.9 Å². The van der Waals surface area contributed by atoms with Crippen molar-refractivity contribution in [3.05, 3.63) is 29.0 Å². The highest BCUT2D eigenvalue weighted by Gasteiger charge is 2.23. The van der Waals surface area contributed by atoms with Crippen molar-refractivity contribution in [3.8, 4) is 0 Å². The molecule has 2 atom stereocenters. The molecule has 1 aliphatic rings. The number of rotatable bonds is 3. The number of hydrogen-bond donors (Lipinski definition) is 0. The Kier molecular flexibility index (Phi) is 4.75. The van der Waals surface area contributed by atoms with Crippen LogP contribution in [-0.2, 0) is 6.42 Å². The summed E-state index contributed by atoms with van der Waals surface area (Å²) in [5.41, 5.74) is 2.10. The number of alkyl halides is 1. The number of para-hydroxylation sites is 1. The molecule has 1 fully saturated rings. The minimum absolute atomic E-state index is 0.512. The van der Waals surface area contributed by atoms with Crippen molar-refractivity contribution in [2.24, 2.45) is 5.92 Å². The number of hydrogen-bond acceptors (Lipinski definition) is 1. The van der Waals surface area contributed by atoms with E-state index in [1.54, 1.807) is 0 Å². The fourth-order valence-electron chi connectivity index (χ4n) is 3.53. The van der Waals surface area contributed by atoms with Crippen LogP contribution in [0, 0.1) is 5.92 Å². The van der Waals surface area contributed by atoms with Crippen LogP contribution in [0.5, 0.6) is 0 Å². The molecular weight excluding hydrogens is 303 g/mol. The van der Waals surface area contributed by atoms with E-state index in [0.29, 0.717) is 11.9 Å². The van der Waals surface area contributed by atoms with Gasteiger partial charge in [-0.25, -0.2) is 4.98 Å². The van der Waals surface area contributed by atoms with E-state index in [1.165, 1.54) is 32.1 Å². The molecule has 1 saturated carbocycles. The van der Waals surface area contributed by atoms with E-state index >= 15 is 0 Å². The lowest BCUT2D eigenvalue weighted by Gasteiger charge is -2.20. The van der Waals surface area contributed by atoms with Crippen molar-refractivity contribution in [2.75, 3.05) is 5.88 Å². The molecule has 0 N–H and O–H groups in total. The molecule has 1 aromatic carbocycles. The Labute approximate surface area is 136 Å². The Balaban J connectivity index is 2.07. The van der Waals surface area contributed by atoms with Gasteiger partial charge in [0, 0.05) is 18.3 Å². The first-order chi connectivity index (χ1) is 10.2. The van der Waals surface area contributed by atoms with Crippen LogP contribution in [0.4, 0.5) is 0 Å². The van der Waals surface area contributed by atoms with Gasteiger partial charge in [-0.3, -0.25) is 0 Å². The Morgan fingerprint density at radius 2 is 2.10 bits per heavy atom. The summed E-state index contributed by atoms with van der Waals surface area (Å²) in [5.74, 6) is 2.52. The van der Waals surface area contributed by atoms with Crippen LogP contribution in [0.25, 0.3) is 11.0 Å². The third-order valence-electron chi connectivity index (χ3n) is 4.64. The second-order valence-corrected chi connectivity index (χ2v) is 7.00. The molecule has 0 radical (unpaired) electrons. The molecule has 0 bridgehead atoms. The number of halogens is 2. The zero-order chi connectivity index (χ0) is 14.8. The summed E-state index contributed by atoms with van der Waals surface area (Å²) in [6.45, 7) is 2.36. The Hall–Kier alpha value is -0.730. The molecule has 1 aliphatic carbocycles. The van der Waals surface area contributed by atoms with Gasteiger partial charge in [0.05, 0.1) is 16.1 Å². The van der Waals surface area contributed by atoms with Gasteiger partial charge in [-0.2, -0.15) is 0 Å². The lowest BCUT2D eigenvalue weighted by atomic mass is 10.0. The minimum Gasteiger partial charge on any atom is -0.324 e. The predicted molar refractivity (Wildman–Crippen MR) is 90.5 cm³/mol. The number of nitrogens with zero attached hydrogens (tertiary/aromatic N) is 2. The minimum atomic E-state index is 0.512. The number of imidazole rings is 1. The maximum absolute atomic E-state index is 6.47. The van der Waals surface area contributed by atoms with E-state index in [0.717, 1.165) is 34.2 Å². The van der Waals surface area contributed by atoms with Crippen molar-refractivity contribution in [2.45, 2.75) is 51.5 Å². The molecule has 114 valence electrons. The maximum Gasteiger partial charge on any atom is 0.111 e. The van der Waals surface area contributed by atoms with Gasteiger partial charge in [0.1, 0.15) is 5.82 Å². The second kappa shape index (κ2) is 6.58. The van der Waals surface area contributed by atoms with Crippen molar-refractivity contribution < 1.29 is 0 Å². The average molecular weight is 325 g/mol. The lowest BCUT2D eigenvalue weighted by molar-refractivity contribution is 0.431. The fraction of sp³-hybridized carbons (Fsp3) is 0.588. The summed E-state index contributed by atoms with van der Waals surface area (Å²) in [4.78, 5) is 4.78. The smallest absolute Gasteiger partial charge is 0.111 e. The highest BCUT2D eigenvalue weighted by Crippen LogP contribution is 2.36. The summed E-state index contributed by atoms with van der Waals surface area (Å²) < 4.78 is 2.39. The van der Waals surface area contributed by atoms with Gasteiger partial charge < -0.3 is 4.57 Å². The molecule has 21 heavy (non-hydrogen) atoms. The third-order valence-corrected chi connectivity index (χ3v) is 5.14. The van der Waals surface area contributed by atoms with Gasteiger partial charge in [-0.05, 0) is 37.3 Å². The summed E-state index contributed by atoms with van der Waals surface area (Å²) >= 11 is 12.5. The van der Waals surface area contributed by atoms with Gasteiger partial charge in [0.25, 0.3) is 0 Å². The van der Waals surface area contributed by atoms with E-state index in [2.05, 4.69) is 17.6 Å². The van der Waals surface area contributed by atoms with Crippen LogP contribution >= 0.6 is 23.2 Å². The zero-order valence-electron chi connectivity index (χ0n) is 12.5. The Morgan fingerprint density at radius 1 is 1.24 bits per heavy atom. The van der Waals surface area contributed by atoms with Crippen molar-refractivity contribution >= 4 is 34.2 Å². The molecule has 1 heterocycles. The van der Waals surface area contributed by atoms with Crippen molar-refractivity contribution in [1.29, 1.82) is 0 Å². The van der Waals surface area contributed by atoms with Gasteiger partial charge >= 0.3 is 0 Å². The second-order valence-electron chi connectivity index (χ2n) is 6.21. The molecule has 0 amide bonds. The first-order valence-electron chi connectivity index (χ1n) is 7.92. The van der Waals surface area contributed by atoms with Crippen LogP contribution in [0.2, 0.25) is 5.02 Å². The van der Waals surface area contributed by atoms with Gasteiger partial charge in [0.15, 0.2) is 0 Å². The van der Waals surface area contributed by atoms with E-state index in [-0.39, 0.29) is 0 Å². The average Bonchev–Trinajstić information content (AvgIpc) is 2.69. The molecule has 2 aromatic rings. The largest absolute Gasteiger partial charge is 0.324 e. The summed E-state index contributed by atoms with van der Waals surface area (Å²) in [6, 6.07) is 6.50. The number of aryl methyl sites for hydroxylation is 1. The summed E-state index contributed by atoms with van der Waals surface area (Å²) in [6.07, 6.45) is 7.15. The number of benzene rings is 1. The highest BCUT2D eigenvalue weighted by atomic mass is 35.5. The molecule has 3 rings (SSSR count). The van der Waals surface area contributed by atoms with E-state index in [4.69, 9.17) is 28.2 Å². The van der Waals surface area contributed by atoms with Gasteiger partial charge in [-0.1, -0.05) is 37.4 Å². The lowest BCUT2D eigenvalue weighted by Crippen LogP contribution is -2.12. The van der Waals surface area contributed by atoms with Crippen LogP contribution in [0.15, 0.2) is 18.2 Å². The third kappa shape index (κ3) is 3.07. The van der Waals surface area contributed by atoms with Crippen molar-refractivity contribution in [1.82, 2.24) is 9.55 Å². The number of aromatic nitrogens is 2. The first kappa shape index (κ1) is 15.2. The molecule has 0 aliphatic heterocycles.